The molecule has 4 heterocycles. The summed E-state index contributed by atoms with van der Waals surface area (Å²) >= 11 is 5.51. The monoisotopic (exact) mass is 596 g/mol. The number of pyridine rings is 1. The highest BCUT2D eigenvalue weighted by Gasteiger charge is 2.43. The molecule has 0 saturated carbocycles. The summed E-state index contributed by atoms with van der Waals surface area (Å²) in [6, 6.07) is 8.32. The number of anilines is 1. The molecule has 1 unspecified atom stereocenters. The third kappa shape index (κ3) is 6.23. The van der Waals surface area contributed by atoms with Crippen LogP contribution in [-0.4, -0.2) is 41.2 Å². The second-order valence-electron chi connectivity index (χ2n) is 10.7. The van der Waals surface area contributed by atoms with Crippen LogP contribution < -0.4 is 15.4 Å². The molecule has 0 amide bonds. The zero-order valence-electron chi connectivity index (χ0n) is 22.4. The number of fused-ring (bicyclic) bond motifs is 4. The highest BCUT2D eigenvalue weighted by atomic mass is 32.1. The van der Waals surface area contributed by atoms with Gasteiger partial charge in [0.15, 0.2) is 5.11 Å². The lowest BCUT2D eigenvalue weighted by molar-refractivity contribution is -0.143. The molecule has 5 nitrogen and oxygen atoms in total. The lowest BCUT2D eigenvalue weighted by Gasteiger charge is -2.52. The number of nitrogens with one attached hydrogen (secondary N) is 2. The lowest BCUT2D eigenvalue weighted by Crippen LogP contribution is -2.58. The van der Waals surface area contributed by atoms with Crippen LogP contribution in [0.3, 0.4) is 0 Å². The normalized spacial score (nSPS) is 23.3. The molecule has 2 N–H and O–H groups in total. The Morgan fingerprint density at radius 1 is 1.07 bits per heavy atom. The second-order valence-corrected chi connectivity index (χ2v) is 11.1. The number of methoxy groups -OCH3 is 1. The molecule has 3 aliphatic rings. The van der Waals surface area contributed by atoms with Crippen molar-refractivity contribution in [3.63, 3.8) is 0 Å². The number of ether oxygens (including phenoxy) is 1. The Morgan fingerprint density at radius 2 is 1.78 bits per heavy atom. The number of piperidine rings is 3. The second kappa shape index (κ2) is 11.3. The van der Waals surface area contributed by atoms with Crippen LogP contribution in [0.15, 0.2) is 48.7 Å². The van der Waals surface area contributed by atoms with E-state index in [-0.39, 0.29) is 17.2 Å². The molecule has 6 rings (SSSR count). The zero-order valence-corrected chi connectivity index (χ0v) is 23.3. The molecule has 5 atom stereocenters. The van der Waals surface area contributed by atoms with Crippen molar-refractivity contribution >= 4 is 33.9 Å². The van der Waals surface area contributed by atoms with Crippen molar-refractivity contribution in [2.24, 2.45) is 11.8 Å². The number of halogens is 6. The third-order valence-electron chi connectivity index (χ3n) is 8.29. The van der Waals surface area contributed by atoms with Crippen molar-refractivity contribution in [1.29, 1.82) is 0 Å². The topological polar surface area (TPSA) is 49.4 Å². The van der Waals surface area contributed by atoms with Crippen LogP contribution >= 0.6 is 12.2 Å². The van der Waals surface area contributed by atoms with Gasteiger partial charge >= 0.3 is 12.4 Å². The average Bonchev–Trinajstić information content (AvgIpc) is 2.94. The SMILES string of the molecule is CC[C@H]1CN2CC[C@H]1C[C@@H]2[C@H](NC(=S)Nc1cc(C(F)(F)F)cc(C(F)(F)F)c1)c1ccnc2ccc(OC)cc12. The van der Waals surface area contributed by atoms with E-state index >= 15 is 0 Å². The summed E-state index contributed by atoms with van der Waals surface area (Å²) in [4.78, 5) is 6.88. The molecule has 1 aromatic heterocycles. The van der Waals surface area contributed by atoms with E-state index in [2.05, 4.69) is 27.4 Å². The van der Waals surface area contributed by atoms with E-state index in [4.69, 9.17) is 17.0 Å². The first kappa shape index (κ1) is 29.4. The minimum absolute atomic E-state index is 0.000321. The van der Waals surface area contributed by atoms with Crippen LogP contribution in [0.5, 0.6) is 5.75 Å². The average molecular weight is 597 g/mol. The minimum atomic E-state index is -4.96. The van der Waals surface area contributed by atoms with E-state index in [1.54, 1.807) is 19.4 Å². The van der Waals surface area contributed by atoms with Gasteiger partial charge in [0.05, 0.1) is 29.8 Å². The fourth-order valence-corrected chi connectivity index (χ4v) is 6.50. The fourth-order valence-electron chi connectivity index (χ4n) is 6.25. The van der Waals surface area contributed by atoms with Crippen LogP contribution in [0, 0.1) is 11.8 Å². The summed E-state index contributed by atoms with van der Waals surface area (Å²) < 4.78 is 86.1. The summed E-state index contributed by atoms with van der Waals surface area (Å²) in [5, 5.41) is 6.61. The first-order valence-corrected chi connectivity index (χ1v) is 13.8. The van der Waals surface area contributed by atoms with Gasteiger partial charge in [0.1, 0.15) is 5.75 Å². The quantitative estimate of drug-likeness (QED) is 0.228. The number of hydrogen-bond acceptors (Lipinski definition) is 4. The molecule has 3 saturated heterocycles. The maximum atomic E-state index is 13.4. The number of thiocarbonyl (C=S) groups is 1. The van der Waals surface area contributed by atoms with Crippen molar-refractivity contribution in [3.8, 4) is 5.75 Å². The Labute approximate surface area is 239 Å². The molecule has 3 aromatic rings. The van der Waals surface area contributed by atoms with Crippen LogP contribution in [0.1, 0.15) is 48.9 Å². The molecule has 2 bridgehead atoms. The highest BCUT2D eigenvalue weighted by Crippen LogP contribution is 2.43. The summed E-state index contributed by atoms with van der Waals surface area (Å²) in [5.74, 6) is 1.72. The first-order valence-electron chi connectivity index (χ1n) is 13.4. The molecule has 0 aliphatic carbocycles. The van der Waals surface area contributed by atoms with Gasteiger partial charge in [0, 0.05) is 29.9 Å². The standard InChI is InChI=1S/C29H30F6N4OS/c1-3-16-15-39-9-7-17(16)10-25(39)26(22-6-8-36-24-5-4-21(40-2)14-23(22)24)38-27(41)37-20-12-18(28(30,31)32)11-19(13-20)29(33,34)35/h4-6,8,11-14,16-17,25-26H,3,7,9-10,15H2,1-2H3,(H2,37,38,41)/t16-,17-,25+,26+/m0/s1. The summed E-state index contributed by atoms with van der Waals surface area (Å²) in [6.45, 7) is 4.00. The van der Waals surface area contributed by atoms with Gasteiger partial charge in [-0.1, -0.05) is 13.3 Å². The lowest BCUT2D eigenvalue weighted by atomic mass is 9.72. The Bertz CT molecular complexity index is 1400. The van der Waals surface area contributed by atoms with E-state index < -0.39 is 35.2 Å². The number of nitrogens with zero attached hydrogens (tertiary/aromatic N) is 2. The van der Waals surface area contributed by atoms with Crippen molar-refractivity contribution in [1.82, 2.24) is 15.2 Å². The highest BCUT2D eigenvalue weighted by molar-refractivity contribution is 7.80. The molecule has 12 heteroatoms. The number of alkyl halides is 6. The first-order chi connectivity index (χ1) is 19.4. The molecular weight excluding hydrogens is 566 g/mol. The fraction of sp³-hybridized carbons (Fsp3) is 0.448. The summed E-state index contributed by atoms with van der Waals surface area (Å²) in [7, 11) is 1.56. The smallest absolute Gasteiger partial charge is 0.416 e. The molecular formula is C29H30F6N4OS. The van der Waals surface area contributed by atoms with Crippen molar-refractivity contribution in [2.45, 2.75) is 50.6 Å². The van der Waals surface area contributed by atoms with Gasteiger partial charge in [-0.15, -0.1) is 0 Å². The van der Waals surface area contributed by atoms with Crippen molar-refractivity contribution in [3.05, 3.63) is 65.4 Å². The van der Waals surface area contributed by atoms with Gasteiger partial charge in [-0.25, -0.2) is 0 Å². The van der Waals surface area contributed by atoms with E-state index in [9.17, 15) is 26.3 Å². The summed E-state index contributed by atoms with van der Waals surface area (Å²) in [6.07, 6.45) is -5.21. The van der Waals surface area contributed by atoms with Gasteiger partial charge in [0.2, 0.25) is 0 Å². The van der Waals surface area contributed by atoms with Crippen molar-refractivity contribution < 1.29 is 31.1 Å². The largest absolute Gasteiger partial charge is 0.497 e. The summed E-state index contributed by atoms with van der Waals surface area (Å²) in [5.41, 5.74) is -1.64. The van der Waals surface area contributed by atoms with Crippen molar-refractivity contribution in [2.75, 3.05) is 25.5 Å². The number of aromatic nitrogens is 1. The number of benzene rings is 2. The van der Waals surface area contributed by atoms with Gasteiger partial charge in [0.25, 0.3) is 0 Å². The van der Waals surface area contributed by atoms with E-state index in [0.29, 0.717) is 29.7 Å². The molecule has 41 heavy (non-hydrogen) atoms. The predicted molar refractivity (Wildman–Crippen MR) is 149 cm³/mol. The molecule has 3 aliphatic heterocycles. The number of rotatable bonds is 6. The molecule has 3 fully saturated rings. The van der Waals surface area contributed by atoms with Crippen LogP contribution in [0.25, 0.3) is 10.9 Å². The molecule has 0 spiro atoms. The van der Waals surface area contributed by atoms with E-state index in [1.807, 2.05) is 18.2 Å². The Hall–Kier alpha value is -3.12. The van der Waals surface area contributed by atoms with Gasteiger partial charge < -0.3 is 15.4 Å². The van der Waals surface area contributed by atoms with Gasteiger partial charge in [-0.2, -0.15) is 26.3 Å². The molecule has 2 aromatic carbocycles. The number of hydrogen-bond donors (Lipinski definition) is 2. The molecule has 0 radical (unpaired) electrons. The van der Waals surface area contributed by atoms with Gasteiger partial charge in [-0.05, 0) is 91.5 Å². The van der Waals surface area contributed by atoms with E-state index in [1.165, 1.54) is 0 Å². The Kier molecular flexibility index (Phi) is 8.08. The third-order valence-corrected chi connectivity index (χ3v) is 8.51. The van der Waals surface area contributed by atoms with Crippen LogP contribution in [0.2, 0.25) is 0 Å². The minimum Gasteiger partial charge on any atom is -0.497 e. The van der Waals surface area contributed by atoms with Gasteiger partial charge in [-0.3, -0.25) is 9.88 Å². The Balaban J connectivity index is 1.51. The zero-order chi connectivity index (χ0) is 29.5. The Morgan fingerprint density at radius 3 is 2.37 bits per heavy atom. The van der Waals surface area contributed by atoms with Crippen LogP contribution in [0.4, 0.5) is 32.0 Å². The molecule has 220 valence electrons. The van der Waals surface area contributed by atoms with Crippen LogP contribution in [-0.2, 0) is 12.4 Å². The maximum Gasteiger partial charge on any atom is 0.416 e. The maximum absolute atomic E-state index is 13.4. The predicted octanol–water partition coefficient (Wildman–Crippen LogP) is 7.43. The van der Waals surface area contributed by atoms with E-state index in [0.717, 1.165) is 48.8 Å².